The minimum atomic E-state index is -0.231. The molecule has 1 aromatic carbocycles. The highest BCUT2D eigenvalue weighted by atomic mass is 79.9. The SMILES string of the molecule is COC(=O)CC(CN)c1cccc(Br)c1. The second-order valence-electron chi connectivity index (χ2n) is 3.27. The van der Waals surface area contributed by atoms with E-state index in [0.29, 0.717) is 13.0 Å². The van der Waals surface area contributed by atoms with Gasteiger partial charge in [0.15, 0.2) is 0 Å². The lowest BCUT2D eigenvalue weighted by molar-refractivity contribution is -0.141. The molecule has 2 N–H and O–H groups in total. The first-order chi connectivity index (χ1) is 7.17. The predicted molar refractivity (Wildman–Crippen MR) is 62.6 cm³/mol. The molecule has 0 bridgehead atoms. The van der Waals surface area contributed by atoms with Crippen LogP contribution in [0.2, 0.25) is 0 Å². The molecular formula is C11H14BrNO2. The second-order valence-corrected chi connectivity index (χ2v) is 4.18. The standard InChI is InChI=1S/C11H14BrNO2/c1-15-11(14)6-9(7-13)8-3-2-4-10(12)5-8/h2-5,9H,6-7,13H2,1H3. The van der Waals surface area contributed by atoms with Gasteiger partial charge in [0, 0.05) is 10.4 Å². The highest BCUT2D eigenvalue weighted by molar-refractivity contribution is 9.10. The van der Waals surface area contributed by atoms with Crippen molar-refractivity contribution in [2.75, 3.05) is 13.7 Å². The number of halogens is 1. The van der Waals surface area contributed by atoms with Crippen LogP contribution in [-0.4, -0.2) is 19.6 Å². The van der Waals surface area contributed by atoms with E-state index in [9.17, 15) is 4.79 Å². The normalized spacial score (nSPS) is 12.2. The number of carbonyl (C=O) groups excluding carboxylic acids is 1. The van der Waals surface area contributed by atoms with Crippen LogP contribution < -0.4 is 5.73 Å². The third kappa shape index (κ3) is 3.64. The zero-order valence-corrected chi connectivity index (χ0v) is 10.2. The summed E-state index contributed by atoms with van der Waals surface area (Å²) in [6, 6.07) is 7.81. The first-order valence-electron chi connectivity index (χ1n) is 4.69. The Labute approximate surface area is 97.7 Å². The van der Waals surface area contributed by atoms with E-state index in [1.165, 1.54) is 7.11 Å². The van der Waals surface area contributed by atoms with E-state index in [-0.39, 0.29) is 11.9 Å². The molecule has 1 atom stereocenters. The van der Waals surface area contributed by atoms with Gasteiger partial charge in [-0.25, -0.2) is 0 Å². The lowest BCUT2D eigenvalue weighted by atomic mass is 9.96. The van der Waals surface area contributed by atoms with Crippen LogP contribution in [-0.2, 0) is 9.53 Å². The quantitative estimate of drug-likeness (QED) is 0.853. The Balaban J connectivity index is 2.78. The van der Waals surface area contributed by atoms with Crippen molar-refractivity contribution < 1.29 is 9.53 Å². The van der Waals surface area contributed by atoms with Crippen molar-refractivity contribution in [1.82, 2.24) is 0 Å². The van der Waals surface area contributed by atoms with E-state index in [0.717, 1.165) is 10.0 Å². The highest BCUT2D eigenvalue weighted by Gasteiger charge is 2.14. The minimum Gasteiger partial charge on any atom is -0.469 e. The summed E-state index contributed by atoms with van der Waals surface area (Å²) in [5, 5.41) is 0. The summed E-state index contributed by atoms with van der Waals surface area (Å²) in [4.78, 5) is 11.1. The van der Waals surface area contributed by atoms with Crippen molar-refractivity contribution in [2.45, 2.75) is 12.3 Å². The molecule has 3 nitrogen and oxygen atoms in total. The summed E-state index contributed by atoms with van der Waals surface area (Å²) in [5.41, 5.74) is 6.69. The van der Waals surface area contributed by atoms with Gasteiger partial charge in [-0.15, -0.1) is 0 Å². The zero-order valence-electron chi connectivity index (χ0n) is 8.57. The number of rotatable bonds is 4. The van der Waals surface area contributed by atoms with E-state index in [4.69, 9.17) is 5.73 Å². The average molecular weight is 272 g/mol. The highest BCUT2D eigenvalue weighted by Crippen LogP contribution is 2.22. The number of methoxy groups -OCH3 is 1. The monoisotopic (exact) mass is 271 g/mol. The number of hydrogen-bond donors (Lipinski definition) is 1. The predicted octanol–water partition coefficient (Wildman–Crippen LogP) is 2.05. The molecule has 0 saturated carbocycles. The molecule has 0 aliphatic carbocycles. The van der Waals surface area contributed by atoms with Gasteiger partial charge in [0.1, 0.15) is 0 Å². The largest absolute Gasteiger partial charge is 0.469 e. The molecule has 15 heavy (non-hydrogen) atoms. The van der Waals surface area contributed by atoms with Gasteiger partial charge in [-0.1, -0.05) is 28.1 Å². The van der Waals surface area contributed by atoms with Crippen LogP contribution in [0.4, 0.5) is 0 Å². The fraction of sp³-hybridized carbons (Fsp3) is 0.364. The van der Waals surface area contributed by atoms with Crippen LogP contribution in [0.25, 0.3) is 0 Å². The molecule has 0 radical (unpaired) electrons. The summed E-state index contributed by atoms with van der Waals surface area (Å²) in [6.45, 7) is 0.436. The topological polar surface area (TPSA) is 52.3 Å². The molecular weight excluding hydrogens is 258 g/mol. The molecule has 0 heterocycles. The van der Waals surface area contributed by atoms with Gasteiger partial charge in [-0.05, 0) is 24.2 Å². The Morgan fingerprint density at radius 1 is 1.60 bits per heavy atom. The van der Waals surface area contributed by atoms with Gasteiger partial charge >= 0.3 is 5.97 Å². The van der Waals surface area contributed by atoms with E-state index < -0.39 is 0 Å². The molecule has 0 aromatic heterocycles. The van der Waals surface area contributed by atoms with E-state index >= 15 is 0 Å². The van der Waals surface area contributed by atoms with Crippen LogP contribution >= 0.6 is 15.9 Å². The summed E-state index contributed by atoms with van der Waals surface area (Å²) < 4.78 is 5.62. The van der Waals surface area contributed by atoms with Gasteiger partial charge in [0.25, 0.3) is 0 Å². The molecule has 4 heteroatoms. The number of nitrogens with two attached hydrogens (primary N) is 1. The number of esters is 1. The maximum Gasteiger partial charge on any atom is 0.306 e. The molecule has 0 amide bonds. The van der Waals surface area contributed by atoms with Crippen molar-refractivity contribution in [3.05, 3.63) is 34.3 Å². The summed E-state index contributed by atoms with van der Waals surface area (Å²) in [7, 11) is 1.39. The maximum atomic E-state index is 11.1. The number of benzene rings is 1. The van der Waals surface area contributed by atoms with Gasteiger partial charge < -0.3 is 10.5 Å². The fourth-order valence-corrected chi connectivity index (χ4v) is 1.80. The van der Waals surface area contributed by atoms with Crippen molar-refractivity contribution >= 4 is 21.9 Å². The van der Waals surface area contributed by atoms with E-state index in [2.05, 4.69) is 20.7 Å². The van der Waals surface area contributed by atoms with Gasteiger partial charge in [-0.3, -0.25) is 4.79 Å². The Morgan fingerprint density at radius 2 is 2.33 bits per heavy atom. The van der Waals surface area contributed by atoms with E-state index in [1.54, 1.807) is 0 Å². The molecule has 1 rings (SSSR count). The van der Waals surface area contributed by atoms with Crippen LogP contribution in [0.5, 0.6) is 0 Å². The summed E-state index contributed by atoms with van der Waals surface area (Å²) in [6.07, 6.45) is 0.323. The lowest BCUT2D eigenvalue weighted by Gasteiger charge is -2.13. The first kappa shape index (κ1) is 12.2. The average Bonchev–Trinajstić information content (AvgIpc) is 2.25. The zero-order chi connectivity index (χ0) is 11.3. The molecule has 0 fully saturated rings. The van der Waals surface area contributed by atoms with Gasteiger partial charge in [0.05, 0.1) is 13.5 Å². The molecule has 1 unspecified atom stereocenters. The third-order valence-electron chi connectivity index (χ3n) is 2.25. The summed E-state index contributed by atoms with van der Waals surface area (Å²) >= 11 is 3.39. The number of hydrogen-bond acceptors (Lipinski definition) is 3. The number of carbonyl (C=O) groups is 1. The molecule has 82 valence electrons. The smallest absolute Gasteiger partial charge is 0.306 e. The Morgan fingerprint density at radius 3 is 2.87 bits per heavy atom. The maximum absolute atomic E-state index is 11.1. The van der Waals surface area contributed by atoms with Crippen LogP contribution in [0.3, 0.4) is 0 Å². The lowest BCUT2D eigenvalue weighted by Crippen LogP contribution is -2.17. The minimum absolute atomic E-state index is 0.0231. The molecule has 0 spiro atoms. The van der Waals surface area contributed by atoms with Crippen molar-refractivity contribution in [2.24, 2.45) is 5.73 Å². The van der Waals surface area contributed by atoms with Crippen molar-refractivity contribution in [1.29, 1.82) is 0 Å². The molecule has 0 saturated heterocycles. The van der Waals surface area contributed by atoms with Crippen LogP contribution in [0, 0.1) is 0 Å². The Kier molecular flexibility index (Phi) is 4.78. The fourth-order valence-electron chi connectivity index (χ4n) is 1.38. The van der Waals surface area contributed by atoms with Crippen LogP contribution in [0.1, 0.15) is 17.9 Å². The second kappa shape index (κ2) is 5.88. The third-order valence-corrected chi connectivity index (χ3v) is 2.74. The van der Waals surface area contributed by atoms with Crippen LogP contribution in [0.15, 0.2) is 28.7 Å². The molecule has 0 aliphatic heterocycles. The van der Waals surface area contributed by atoms with Gasteiger partial charge in [-0.2, -0.15) is 0 Å². The first-order valence-corrected chi connectivity index (χ1v) is 5.49. The summed E-state index contributed by atoms with van der Waals surface area (Å²) in [5.74, 6) is -0.208. The Hall–Kier alpha value is -0.870. The molecule has 0 aliphatic rings. The molecule has 1 aromatic rings. The van der Waals surface area contributed by atoms with Crippen molar-refractivity contribution in [3.8, 4) is 0 Å². The van der Waals surface area contributed by atoms with Gasteiger partial charge in [0.2, 0.25) is 0 Å². The number of ether oxygens (including phenoxy) is 1. The Bertz CT molecular complexity index is 341. The van der Waals surface area contributed by atoms with E-state index in [1.807, 2.05) is 24.3 Å². The van der Waals surface area contributed by atoms with Crippen molar-refractivity contribution in [3.63, 3.8) is 0 Å².